The second kappa shape index (κ2) is 14.2. The molecule has 0 unspecified atom stereocenters. The molecular weight excluding hydrogens is 593 g/mol. The molecule has 0 bridgehead atoms. The summed E-state index contributed by atoms with van der Waals surface area (Å²) in [7, 11) is -4.19. The number of hydrogen-bond acceptors (Lipinski definition) is 4. The highest BCUT2D eigenvalue weighted by Gasteiger charge is 2.34. The molecule has 0 aliphatic rings. The average Bonchev–Trinajstić information content (AvgIpc) is 2.93. The van der Waals surface area contributed by atoms with Crippen molar-refractivity contribution in [3.05, 3.63) is 92.9 Å². The average molecular weight is 625 g/mol. The van der Waals surface area contributed by atoms with E-state index in [0.29, 0.717) is 33.6 Å². The third kappa shape index (κ3) is 7.49. The maximum atomic E-state index is 14.1. The van der Waals surface area contributed by atoms with E-state index in [1.807, 2.05) is 6.92 Å². The van der Waals surface area contributed by atoms with Crippen LogP contribution in [-0.2, 0) is 26.2 Å². The van der Waals surface area contributed by atoms with E-state index in [1.54, 1.807) is 62.4 Å². The molecule has 3 aromatic carbocycles. The fraction of sp³-hybridized carbons (Fsp3) is 0.310. The zero-order chi connectivity index (χ0) is 29.4. The predicted octanol–water partition coefficient (Wildman–Crippen LogP) is 6.48. The standard InChI is InChI=1S/C29H32Cl3N3O4S/c1-4-16-33-29(37)27(5-2)34(18-23-24(30)12-9-13-25(23)31)28(36)19-35(21-15-14-20(3)26(32)17-21)40(38,39)22-10-7-6-8-11-22/h6-15,17,27H,4-5,16,18-19H2,1-3H3,(H,33,37)/t27-/m1/s1. The number of carbonyl (C=O) groups is 2. The van der Waals surface area contributed by atoms with Crippen molar-refractivity contribution in [2.75, 3.05) is 17.4 Å². The molecule has 0 radical (unpaired) electrons. The first kappa shape index (κ1) is 31.7. The van der Waals surface area contributed by atoms with E-state index in [0.717, 1.165) is 9.87 Å². The maximum Gasteiger partial charge on any atom is 0.264 e. The van der Waals surface area contributed by atoms with Gasteiger partial charge in [-0.05, 0) is 61.7 Å². The molecular formula is C29H32Cl3N3O4S. The van der Waals surface area contributed by atoms with Gasteiger partial charge in [0.05, 0.1) is 10.6 Å². The Labute approximate surface area is 251 Å². The van der Waals surface area contributed by atoms with E-state index in [9.17, 15) is 18.0 Å². The van der Waals surface area contributed by atoms with Crippen molar-refractivity contribution in [3.8, 4) is 0 Å². The molecule has 1 N–H and O–H groups in total. The lowest BCUT2D eigenvalue weighted by Crippen LogP contribution is -2.52. The fourth-order valence-electron chi connectivity index (χ4n) is 4.12. The molecule has 2 amide bonds. The molecule has 40 heavy (non-hydrogen) atoms. The quantitative estimate of drug-likeness (QED) is 0.250. The minimum absolute atomic E-state index is 0.00734. The van der Waals surface area contributed by atoms with Crippen molar-refractivity contribution < 1.29 is 18.0 Å². The summed E-state index contributed by atoms with van der Waals surface area (Å²) < 4.78 is 28.7. The van der Waals surface area contributed by atoms with Gasteiger partial charge in [-0.1, -0.05) is 79.0 Å². The van der Waals surface area contributed by atoms with Crippen molar-refractivity contribution >= 4 is 62.3 Å². The lowest BCUT2D eigenvalue weighted by Gasteiger charge is -2.33. The number of anilines is 1. The Morgan fingerprint density at radius 2 is 1.55 bits per heavy atom. The molecule has 0 heterocycles. The van der Waals surface area contributed by atoms with Crippen LogP contribution in [0, 0.1) is 6.92 Å². The van der Waals surface area contributed by atoms with Gasteiger partial charge in [0.1, 0.15) is 12.6 Å². The normalized spacial score (nSPS) is 12.1. The molecule has 3 aromatic rings. The molecule has 0 fully saturated rings. The van der Waals surface area contributed by atoms with Gasteiger partial charge in [0.25, 0.3) is 10.0 Å². The number of carbonyl (C=O) groups excluding carboxylic acids is 2. The summed E-state index contributed by atoms with van der Waals surface area (Å²) in [5, 5.41) is 3.84. The Morgan fingerprint density at radius 3 is 2.12 bits per heavy atom. The first-order chi connectivity index (χ1) is 19.0. The lowest BCUT2D eigenvalue weighted by atomic mass is 10.1. The monoisotopic (exact) mass is 623 g/mol. The van der Waals surface area contributed by atoms with Crippen molar-refractivity contribution in [2.45, 2.75) is 51.1 Å². The summed E-state index contributed by atoms with van der Waals surface area (Å²) in [6.07, 6.45) is 0.995. The number of sulfonamides is 1. The smallest absolute Gasteiger partial charge is 0.264 e. The molecule has 1 atom stereocenters. The molecule has 0 saturated heterocycles. The minimum Gasteiger partial charge on any atom is -0.354 e. The van der Waals surface area contributed by atoms with Gasteiger partial charge in [-0.15, -0.1) is 0 Å². The molecule has 214 valence electrons. The minimum atomic E-state index is -4.19. The number of aryl methyl sites for hydroxylation is 1. The second-order valence-electron chi connectivity index (χ2n) is 9.20. The Morgan fingerprint density at radius 1 is 0.900 bits per heavy atom. The molecule has 11 heteroatoms. The number of halogens is 3. The summed E-state index contributed by atoms with van der Waals surface area (Å²) in [4.78, 5) is 28.6. The third-order valence-corrected chi connectivity index (χ3v) is 9.28. The number of hydrogen-bond donors (Lipinski definition) is 1. The van der Waals surface area contributed by atoms with Crippen molar-refractivity contribution in [2.24, 2.45) is 0 Å². The Hall–Kier alpha value is -2.78. The van der Waals surface area contributed by atoms with Crippen LogP contribution in [0.4, 0.5) is 5.69 Å². The number of nitrogens with one attached hydrogen (secondary N) is 1. The van der Waals surface area contributed by atoms with Gasteiger partial charge in [0.2, 0.25) is 11.8 Å². The maximum absolute atomic E-state index is 14.1. The van der Waals surface area contributed by atoms with Crippen LogP contribution >= 0.6 is 34.8 Å². The van der Waals surface area contributed by atoms with Crippen LogP contribution in [0.5, 0.6) is 0 Å². The number of amides is 2. The van der Waals surface area contributed by atoms with E-state index in [1.165, 1.54) is 23.1 Å². The zero-order valence-electron chi connectivity index (χ0n) is 22.5. The first-order valence-corrected chi connectivity index (χ1v) is 15.4. The van der Waals surface area contributed by atoms with Crippen LogP contribution in [0.15, 0.2) is 71.6 Å². The molecule has 0 saturated carbocycles. The van der Waals surface area contributed by atoms with Gasteiger partial charge in [-0.25, -0.2) is 8.42 Å². The SMILES string of the molecule is CCCNC(=O)[C@@H](CC)N(Cc1c(Cl)cccc1Cl)C(=O)CN(c1ccc(C)c(Cl)c1)S(=O)(=O)c1ccccc1. The van der Waals surface area contributed by atoms with E-state index < -0.39 is 28.5 Å². The fourth-order valence-corrected chi connectivity index (χ4v) is 6.24. The Bertz CT molecular complexity index is 1430. The highest BCUT2D eigenvalue weighted by Crippen LogP contribution is 2.30. The summed E-state index contributed by atoms with van der Waals surface area (Å²) in [5.41, 5.74) is 1.42. The van der Waals surface area contributed by atoms with Gasteiger partial charge in [0.15, 0.2) is 0 Å². The highest BCUT2D eigenvalue weighted by atomic mass is 35.5. The number of nitrogens with zero attached hydrogens (tertiary/aromatic N) is 2. The van der Waals surface area contributed by atoms with Crippen LogP contribution in [0.2, 0.25) is 15.1 Å². The van der Waals surface area contributed by atoms with Crippen LogP contribution in [-0.4, -0.2) is 44.3 Å². The molecule has 0 aliphatic carbocycles. The van der Waals surface area contributed by atoms with Crippen molar-refractivity contribution in [1.29, 1.82) is 0 Å². The molecule has 3 rings (SSSR count). The molecule has 0 aromatic heterocycles. The molecule has 0 aliphatic heterocycles. The third-order valence-electron chi connectivity index (χ3n) is 6.38. The van der Waals surface area contributed by atoms with Gasteiger partial charge in [-0.2, -0.15) is 0 Å². The van der Waals surface area contributed by atoms with Gasteiger partial charge >= 0.3 is 0 Å². The summed E-state index contributed by atoms with van der Waals surface area (Å²) >= 11 is 19.2. The van der Waals surface area contributed by atoms with E-state index >= 15 is 0 Å². The van der Waals surface area contributed by atoms with Crippen LogP contribution < -0.4 is 9.62 Å². The van der Waals surface area contributed by atoms with E-state index in [-0.39, 0.29) is 29.5 Å². The Kier molecular flexibility index (Phi) is 11.3. The summed E-state index contributed by atoms with van der Waals surface area (Å²) in [6.45, 7) is 5.25. The summed E-state index contributed by atoms with van der Waals surface area (Å²) in [6, 6.07) is 16.7. The predicted molar refractivity (Wildman–Crippen MR) is 162 cm³/mol. The lowest BCUT2D eigenvalue weighted by molar-refractivity contribution is -0.140. The van der Waals surface area contributed by atoms with Gasteiger partial charge in [0, 0.05) is 33.7 Å². The zero-order valence-corrected chi connectivity index (χ0v) is 25.6. The van der Waals surface area contributed by atoms with Crippen LogP contribution in [0.3, 0.4) is 0 Å². The number of rotatable bonds is 12. The van der Waals surface area contributed by atoms with Gasteiger partial charge in [-0.3, -0.25) is 13.9 Å². The summed E-state index contributed by atoms with van der Waals surface area (Å²) in [5.74, 6) is -0.956. The molecule has 7 nitrogen and oxygen atoms in total. The Balaban J connectivity index is 2.10. The second-order valence-corrected chi connectivity index (χ2v) is 12.3. The highest BCUT2D eigenvalue weighted by molar-refractivity contribution is 7.92. The van der Waals surface area contributed by atoms with Gasteiger partial charge < -0.3 is 10.2 Å². The molecule has 0 spiro atoms. The van der Waals surface area contributed by atoms with Crippen molar-refractivity contribution in [1.82, 2.24) is 10.2 Å². The van der Waals surface area contributed by atoms with E-state index in [4.69, 9.17) is 34.8 Å². The topological polar surface area (TPSA) is 86.8 Å². The van der Waals surface area contributed by atoms with Crippen LogP contribution in [0.25, 0.3) is 0 Å². The van der Waals surface area contributed by atoms with Crippen molar-refractivity contribution in [3.63, 3.8) is 0 Å². The first-order valence-electron chi connectivity index (χ1n) is 12.8. The largest absolute Gasteiger partial charge is 0.354 e. The number of benzene rings is 3. The van der Waals surface area contributed by atoms with Crippen LogP contribution in [0.1, 0.15) is 37.8 Å². The van der Waals surface area contributed by atoms with E-state index in [2.05, 4.69) is 5.32 Å².